The van der Waals surface area contributed by atoms with E-state index in [2.05, 4.69) is 5.32 Å². The van der Waals surface area contributed by atoms with Gasteiger partial charge in [-0.05, 0) is 37.3 Å². The van der Waals surface area contributed by atoms with Gasteiger partial charge in [-0.3, -0.25) is 4.79 Å². The summed E-state index contributed by atoms with van der Waals surface area (Å²) in [5.74, 6) is 0.109. The second kappa shape index (κ2) is 6.30. The maximum absolute atomic E-state index is 12.3. The molecule has 4 nitrogen and oxygen atoms in total. The molecule has 0 aliphatic rings. The SMILES string of the molecule is CCOc1c(N)cccc1C(=O)Nc1cccc(Cl)c1. The Bertz CT molecular complexity index is 629. The Morgan fingerprint density at radius 2 is 2.05 bits per heavy atom. The third-order valence-corrected chi connectivity index (χ3v) is 2.90. The zero-order valence-electron chi connectivity index (χ0n) is 11.0. The fraction of sp³-hybridized carbons (Fsp3) is 0.133. The lowest BCUT2D eigenvalue weighted by atomic mass is 10.1. The zero-order valence-corrected chi connectivity index (χ0v) is 11.8. The van der Waals surface area contributed by atoms with Crippen LogP contribution in [0.4, 0.5) is 11.4 Å². The number of halogens is 1. The number of amides is 1. The smallest absolute Gasteiger partial charge is 0.259 e. The molecular weight excluding hydrogens is 276 g/mol. The van der Waals surface area contributed by atoms with E-state index in [4.69, 9.17) is 22.1 Å². The molecule has 0 unspecified atom stereocenters. The highest BCUT2D eigenvalue weighted by Crippen LogP contribution is 2.27. The van der Waals surface area contributed by atoms with Gasteiger partial charge in [-0.25, -0.2) is 0 Å². The van der Waals surface area contributed by atoms with Crippen molar-refractivity contribution in [1.82, 2.24) is 0 Å². The highest BCUT2D eigenvalue weighted by Gasteiger charge is 2.15. The van der Waals surface area contributed by atoms with Crippen LogP contribution in [-0.2, 0) is 0 Å². The van der Waals surface area contributed by atoms with E-state index in [1.54, 1.807) is 42.5 Å². The quantitative estimate of drug-likeness (QED) is 0.846. The minimum Gasteiger partial charge on any atom is -0.491 e. The number of carbonyl (C=O) groups excluding carboxylic acids is 1. The van der Waals surface area contributed by atoms with Gasteiger partial charge >= 0.3 is 0 Å². The third-order valence-electron chi connectivity index (χ3n) is 2.66. The second-order valence-electron chi connectivity index (χ2n) is 4.12. The third kappa shape index (κ3) is 3.22. The largest absolute Gasteiger partial charge is 0.491 e. The summed E-state index contributed by atoms with van der Waals surface area (Å²) < 4.78 is 5.44. The predicted molar refractivity (Wildman–Crippen MR) is 81.4 cm³/mol. The second-order valence-corrected chi connectivity index (χ2v) is 4.56. The van der Waals surface area contributed by atoms with E-state index in [1.165, 1.54) is 0 Å². The van der Waals surface area contributed by atoms with Crippen LogP contribution in [0.2, 0.25) is 5.02 Å². The molecule has 0 spiro atoms. The standard InChI is InChI=1S/C15H15ClN2O2/c1-2-20-14-12(7-4-8-13(14)17)15(19)18-11-6-3-5-10(16)9-11/h3-9H,2,17H2,1H3,(H,18,19). The van der Waals surface area contributed by atoms with Gasteiger partial charge in [0, 0.05) is 10.7 Å². The molecule has 2 aromatic rings. The molecule has 0 radical (unpaired) electrons. The first kappa shape index (κ1) is 14.2. The summed E-state index contributed by atoms with van der Waals surface area (Å²) in [6, 6.07) is 12.0. The van der Waals surface area contributed by atoms with Gasteiger partial charge in [0.1, 0.15) is 0 Å². The van der Waals surface area contributed by atoms with Crippen molar-refractivity contribution in [3.63, 3.8) is 0 Å². The molecule has 0 saturated carbocycles. The van der Waals surface area contributed by atoms with Crippen LogP contribution in [0.25, 0.3) is 0 Å². The molecule has 0 heterocycles. The van der Waals surface area contributed by atoms with Crippen LogP contribution < -0.4 is 15.8 Å². The lowest BCUT2D eigenvalue weighted by Gasteiger charge is -2.12. The number of nitrogens with one attached hydrogen (secondary N) is 1. The molecule has 0 saturated heterocycles. The molecule has 0 aromatic heterocycles. The van der Waals surface area contributed by atoms with Crippen LogP contribution in [0, 0.1) is 0 Å². The van der Waals surface area contributed by atoms with Crippen molar-refractivity contribution < 1.29 is 9.53 Å². The lowest BCUT2D eigenvalue weighted by Crippen LogP contribution is -2.14. The topological polar surface area (TPSA) is 64.3 Å². The van der Waals surface area contributed by atoms with Gasteiger partial charge in [0.05, 0.1) is 17.9 Å². The van der Waals surface area contributed by atoms with Crippen molar-refractivity contribution in [2.75, 3.05) is 17.7 Å². The first-order valence-corrected chi connectivity index (χ1v) is 6.58. The number of hydrogen-bond donors (Lipinski definition) is 2. The normalized spacial score (nSPS) is 10.1. The van der Waals surface area contributed by atoms with Crippen LogP contribution in [0.15, 0.2) is 42.5 Å². The monoisotopic (exact) mass is 290 g/mol. The van der Waals surface area contributed by atoms with Crippen molar-refractivity contribution in [2.24, 2.45) is 0 Å². The molecule has 2 rings (SSSR count). The first-order valence-electron chi connectivity index (χ1n) is 6.20. The predicted octanol–water partition coefficient (Wildman–Crippen LogP) is 3.57. The summed E-state index contributed by atoms with van der Waals surface area (Å²) in [5, 5.41) is 3.32. The number of nitrogen functional groups attached to an aromatic ring is 1. The average molecular weight is 291 g/mol. The number of anilines is 2. The van der Waals surface area contributed by atoms with Crippen LogP contribution in [-0.4, -0.2) is 12.5 Å². The minimum atomic E-state index is -0.289. The number of rotatable bonds is 4. The summed E-state index contributed by atoms with van der Waals surface area (Å²) in [6.07, 6.45) is 0. The Labute approximate surface area is 122 Å². The first-order chi connectivity index (χ1) is 9.61. The van der Waals surface area contributed by atoms with Crippen LogP contribution >= 0.6 is 11.6 Å². The van der Waals surface area contributed by atoms with Crippen molar-refractivity contribution in [3.05, 3.63) is 53.1 Å². The molecule has 0 aliphatic heterocycles. The molecule has 5 heteroatoms. The number of hydrogen-bond acceptors (Lipinski definition) is 3. The highest BCUT2D eigenvalue weighted by molar-refractivity contribution is 6.31. The summed E-state index contributed by atoms with van der Waals surface area (Å²) in [6.45, 7) is 2.27. The van der Waals surface area contributed by atoms with Gasteiger partial charge in [-0.2, -0.15) is 0 Å². The van der Waals surface area contributed by atoms with Gasteiger partial charge in [0.15, 0.2) is 5.75 Å². The van der Waals surface area contributed by atoms with Gasteiger partial charge in [-0.1, -0.05) is 23.7 Å². The van der Waals surface area contributed by atoms with Crippen molar-refractivity contribution in [3.8, 4) is 5.75 Å². The number of benzene rings is 2. The molecule has 0 aliphatic carbocycles. The van der Waals surface area contributed by atoms with Gasteiger partial charge in [0.2, 0.25) is 0 Å². The molecule has 3 N–H and O–H groups in total. The number of nitrogens with two attached hydrogens (primary N) is 1. The van der Waals surface area contributed by atoms with E-state index in [0.717, 1.165) is 0 Å². The van der Waals surface area contributed by atoms with Crippen LogP contribution in [0.5, 0.6) is 5.75 Å². The molecule has 0 bridgehead atoms. The summed E-state index contributed by atoms with van der Waals surface area (Å²) >= 11 is 5.88. The number of para-hydroxylation sites is 1. The van der Waals surface area contributed by atoms with Gasteiger partial charge in [-0.15, -0.1) is 0 Å². The average Bonchev–Trinajstić information content (AvgIpc) is 2.41. The van der Waals surface area contributed by atoms with Crippen LogP contribution in [0.3, 0.4) is 0 Å². The van der Waals surface area contributed by atoms with Gasteiger partial charge < -0.3 is 15.8 Å². The van der Waals surface area contributed by atoms with E-state index in [-0.39, 0.29) is 5.91 Å². The molecule has 0 atom stereocenters. The van der Waals surface area contributed by atoms with E-state index in [0.29, 0.717) is 34.3 Å². The van der Waals surface area contributed by atoms with Crippen molar-refractivity contribution in [1.29, 1.82) is 0 Å². The molecule has 1 amide bonds. The molecule has 0 fully saturated rings. The van der Waals surface area contributed by atoms with Crippen molar-refractivity contribution >= 4 is 28.9 Å². The van der Waals surface area contributed by atoms with E-state index >= 15 is 0 Å². The van der Waals surface area contributed by atoms with Gasteiger partial charge in [0.25, 0.3) is 5.91 Å². The number of ether oxygens (including phenoxy) is 1. The summed E-state index contributed by atoms with van der Waals surface area (Å²) in [5.41, 5.74) is 7.29. The van der Waals surface area contributed by atoms with Crippen molar-refractivity contribution in [2.45, 2.75) is 6.92 Å². The molecule has 20 heavy (non-hydrogen) atoms. The Kier molecular flexibility index (Phi) is 4.48. The fourth-order valence-corrected chi connectivity index (χ4v) is 1.99. The Hall–Kier alpha value is -2.20. The Balaban J connectivity index is 2.27. The van der Waals surface area contributed by atoms with E-state index in [1.807, 2.05) is 6.92 Å². The zero-order chi connectivity index (χ0) is 14.5. The molecule has 104 valence electrons. The minimum absolute atomic E-state index is 0.289. The summed E-state index contributed by atoms with van der Waals surface area (Å²) in [4.78, 5) is 12.3. The van der Waals surface area contributed by atoms with E-state index in [9.17, 15) is 4.79 Å². The van der Waals surface area contributed by atoms with E-state index < -0.39 is 0 Å². The van der Waals surface area contributed by atoms with Crippen LogP contribution in [0.1, 0.15) is 17.3 Å². The highest BCUT2D eigenvalue weighted by atomic mass is 35.5. The summed E-state index contributed by atoms with van der Waals surface area (Å²) in [7, 11) is 0. The molecule has 2 aromatic carbocycles. The Morgan fingerprint density at radius 3 is 2.75 bits per heavy atom. The maximum Gasteiger partial charge on any atom is 0.259 e. The molecular formula is C15H15ClN2O2. The fourth-order valence-electron chi connectivity index (χ4n) is 1.80. The Morgan fingerprint density at radius 1 is 1.30 bits per heavy atom. The maximum atomic E-state index is 12.3. The lowest BCUT2D eigenvalue weighted by molar-refractivity contribution is 0.102. The number of carbonyl (C=O) groups is 1.